The standard InChI is InChI=1S/C27H27N3O4.Na/c1-2-15-30-23(24(30)27(33)34)26(32)29-22(16-18-9-4-3-5-10-18)25(31)28-17-20-13-8-12-19-11-6-7-14-21(19)20;/h2-14,22-24H,1,15-17H2,(H,28,31)(H,29,32)(H,33,34);/t22-,23-,24-,30?;/m0./s1. The zero-order valence-corrected chi connectivity index (χ0v) is 21.7. The van der Waals surface area contributed by atoms with Gasteiger partial charge in [0.15, 0.2) is 0 Å². The summed E-state index contributed by atoms with van der Waals surface area (Å²) < 4.78 is 0. The number of carbonyl (C=O) groups excluding carboxylic acids is 2. The molecule has 1 aliphatic heterocycles. The van der Waals surface area contributed by atoms with Crippen molar-refractivity contribution in [2.24, 2.45) is 0 Å². The second kappa shape index (κ2) is 12.1. The third-order valence-electron chi connectivity index (χ3n) is 6.03. The van der Waals surface area contributed by atoms with Gasteiger partial charge in [0.05, 0.1) is 0 Å². The van der Waals surface area contributed by atoms with E-state index in [1.54, 1.807) is 6.08 Å². The fraction of sp³-hybridized carbons (Fsp3) is 0.222. The topological polar surface area (TPSA) is 98.5 Å². The average molecular weight is 481 g/mol. The Morgan fingerprint density at radius 2 is 1.66 bits per heavy atom. The smallest absolute Gasteiger partial charge is 0.323 e. The molecule has 1 radical (unpaired) electrons. The molecular weight excluding hydrogens is 453 g/mol. The molecule has 1 heterocycles. The SMILES string of the molecule is C=CCN1[C@H](C(=O)O)[C@H]1C(=O)N[C@@H](Cc1ccccc1)C(=O)NCc1cccc2ccccc12.[Na]. The van der Waals surface area contributed by atoms with E-state index in [0.717, 1.165) is 21.9 Å². The Balaban J connectivity index is 0.00000342. The largest absolute Gasteiger partial charge is 0.480 e. The fourth-order valence-corrected chi connectivity index (χ4v) is 4.29. The van der Waals surface area contributed by atoms with E-state index in [1.165, 1.54) is 4.90 Å². The number of carboxylic acid groups (broad SMARTS) is 1. The van der Waals surface area contributed by atoms with Gasteiger partial charge in [-0.25, -0.2) is 0 Å². The van der Waals surface area contributed by atoms with Crippen LogP contribution < -0.4 is 10.6 Å². The van der Waals surface area contributed by atoms with Crippen molar-refractivity contribution >= 4 is 58.1 Å². The Hall–Kier alpha value is -2.97. The molecule has 0 aliphatic carbocycles. The predicted octanol–water partition coefficient (Wildman–Crippen LogP) is 2.13. The van der Waals surface area contributed by atoms with Crippen molar-refractivity contribution < 1.29 is 19.5 Å². The number of carbonyl (C=O) groups is 3. The van der Waals surface area contributed by atoms with Gasteiger partial charge >= 0.3 is 5.97 Å². The van der Waals surface area contributed by atoms with Crippen molar-refractivity contribution in [3.8, 4) is 0 Å². The molecule has 1 fully saturated rings. The number of rotatable bonds is 10. The Labute approximate surface area is 226 Å². The van der Waals surface area contributed by atoms with Crippen LogP contribution in [0.2, 0.25) is 0 Å². The molecule has 0 aromatic heterocycles. The zero-order valence-electron chi connectivity index (χ0n) is 19.7. The summed E-state index contributed by atoms with van der Waals surface area (Å²) in [6.45, 7) is 4.21. The summed E-state index contributed by atoms with van der Waals surface area (Å²) in [7, 11) is 0. The van der Waals surface area contributed by atoms with Gasteiger partial charge in [0.1, 0.15) is 18.1 Å². The number of carboxylic acids is 1. The van der Waals surface area contributed by atoms with Crippen LogP contribution in [0, 0.1) is 0 Å². The van der Waals surface area contributed by atoms with Gasteiger partial charge in [-0.2, -0.15) is 0 Å². The fourth-order valence-electron chi connectivity index (χ4n) is 4.29. The minimum absolute atomic E-state index is 0. The normalized spacial score (nSPS) is 19.1. The third-order valence-corrected chi connectivity index (χ3v) is 6.03. The zero-order chi connectivity index (χ0) is 24.1. The molecule has 3 aromatic rings. The van der Waals surface area contributed by atoms with Crippen molar-refractivity contribution in [2.45, 2.75) is 31.1 Å². The van der Waals surface area contributed by atoms with Gasteiger partial charge in [-0.3, -0.25) is 19.3 Å². The van der Waals surface area contributed by atoms with E-state index in [1.807, 2.05) is 72.8 Å². The summed E-state index contributed by atoms with van der Waals surface area (Å²) in [6, 6.07) is 20.7. The second-order valence-corrected chi connectivity index (χ2v) is 8.32. The van der Waals surface area contributed by atoms with E-state index in [-0.39, 0.29) is 42.0 Å². The maximum absolute atomic E-state index is 13.2. The van der Waals surface area contributed by atoms with Crippen LogP contribution in [0.4, 0.5) is 0 Å². The van der Waals surface area contributed by atoms with Crippen molar-refractivity contribution in [3.63, 3.8) is 0 Å². The molecule has 1 saturated heterocycles. The minimum Gasteiger partial charge on any atom is -0.480 e. The number of nitrogens with one attached hydrogen (secondary N) is 2. The first kappa shape index (κ1) is 26.6. The number of amides is 2. The molecule has 175 valence electrons. The van der Waals surface area contributed by atoms with E-state index in [0.29, 0.717) is 13.0 Å². The average Bonchev–Trinajstić information content (AvgIpc) is 3.57. The van der Waals surface area contributed by atoms with Gasteiger partial charge in [0.2, 0.25) is 11.8 Å². The van der Waals surface area contributed by atoms with E-state index >= 15 is 0 Å². The van der Waals surface area contributed by atoms with Crippen LogP contribution in [0.15, 0.2) is 85.5 Å². The van der Waals surface area contributed by atoms with Crippen LogP contribution >= 0.6 is 0 Å². The van der Waals surface area contributed by atoms with Gasteiger partial charge in [-0.05, 0) is 21.9 Å². The van der Waals surface area contributed by atoms with Crippen molar-refractivity contribution in [1.82, 2.24) is 15.5 Å². The van der Waals surface area contributed by atoms with E-state index < -0.39 is 30.0 Å². The third kappa shape index (κ3) is 6.38. The van der Waals surface area contributed by atoms with Crippen LogP contribution in [0.1, 0.15) is 11.1 Å². The molecule has 0 saturated carbocycles. The van der Waals surface area contributed by atoms with Crippen LogP contribution in [0.3, 0.4) is 0 Å². The molecule has 0 bridgehead atoms. The summed E-state index contributed by atoms with van der Waals surface area (Å²) in [5.41, 5.74) is 1.86. The van der Waals surface area contributed by atoms with E-state index in [4.69, 9.17) is 0 Å². The van der Waals surface area contributed by atoms with Crippen LogP contribution in [-0.4, -0.2) is 82.0 Å². The van der Waals surface area contributed by atoms with E-state index in [2.05, 4.69) is 17.2 Å². The minimum atomic E-state index is -1.07. The quantitative estimate of drug-likeness (QED) is 0.235. The van der Waals surface area contributed by atoms with Crippen molar-refractivity contribution in [2.75, 3.05) is 6.54 Å². The molecule has 3 N–H and O–H groups in total. The van der Waals surface area contributed by atoms with Gasteiger partial charge < -0.3 is 15.7 Å². The Morgan fingerprint density at radius 1 is 0.971 bits per heavy atom. The summed E-state index contributed by atoms with van der Waals surface area (Å²) in [6.07, 6.45) is 1.85. The predicted molar refractivity (Wildman–Crippen MR) is 136 cm³/mol. The number of aliphatic carboxylic acids is 1. The molecule has 7 nitrogen and oxygen atoms in total. The molecule has 4 atom stereocenters. The van der Waals surface area contributed by atoms with Crippen molar-refractivity contribution in [3.05, 3.63) is 96.6 Å². The summed E-state index contributed by atoms with van der Waals surface area (Å²) in [5, 5.41) is 17.3. The van der Waals surface area contributed by atoms with Crippen LogP contribution in [0.25, 0.3) is 10.8 Å². The van der Waals surface area contributed by atoms with Crippen LogP contribution in [-0.2, 0) is 27.3 Å². The molecule has 8 heteroatoms. The van der Waals surface area contributed by atoms with Crippen molar-refractivity contribution in [1.29, 1.82) is 0 Å². The molecule has 35 heavy (non-hydrogen) atoms. The molecule has 2 amide bonds. The van der Waals surface area contributed by atoms with Gasteiger partial charge in [-0.15, -0.1) is 6.58 Å². The number of nitrogens with zero attached hydrogens (tertiary/aromatic N) is 1. The molecule has 0 spiro atoms. The van der Waals surface area contributed by atoms with Gasteiger partial charge in [-0.1, -0.05) is 78.9 Å². The van der Waals surface area contributed by atoms with Gasteiger partial charge in [0, 0.05) is 49.1 Å². The van der Waals surface area contributed by atoms with Gasteiger partial charge in [0.25, 0.3) is 0 Å². The number of hydrogen-bond donors (Lipinski definition) is 3. The first-order chi connectivity index (χ1) is 16.5. The molecule has 1 unspecified atom stereocenters. The first-order valence-electron chi connectivity index (χ1n) is 11.2. The number of benzene rings is 3. The van der Waals surface area contributed by atoms with Crippen LogP contribution in [0.5, 0.6) is 0 Å². The van der Waals surface area contributed by atoms with E-state index in [9.17, 15) is 19.5 Å². The monoisotopic (exact) mass is 480 g/mol. The molecular formula is C27H27N3NaO4. The summed E-state index contributed by atoms with van der Waals surface area (Å²) >= 11 is 0. The molecule has 3 aromatic carbocycles. The maximum atomic E-state index is 13.2. The first-order valence-corrected chi connectivity index (χ1v) is 11.2. The second-order valence-electron chi connectivity index (χ2n) is 8.32. The Bertz CT molecular complexity index is 1210. The molecule has 4 rings (SSSR count). The summed E-state index contributed by atoms with van der Waals surface area (Å²) in [5.74, 6) is -1.87. The Kier molecular flexibility index (Phi) is 9.23. The molecule has 1 aliphatic rings. The summed E-state index contributed by atoms with van der Waals surface area (Å²) in [4.78, 5) is 39.1. The number of fused-ring (bicyclic) bond motifs is 1. The maximum Gasteiger partial charge on any atom is 0.323 e. The Morgan fingerprint density at radius 3 is 2.37 bits per heavy atom. The number of hydrogen-bond acceptors (Lipinski definition) is 4.